The van der Waals surface area contributed by atoms with Crippen LogP contribution < -0.4 is 14.4 Å². The van der Waals surface area contributed by atoms with Crippen molar-refractivity contribution in [2.75, 3.05) is 0 Å². The Kier molecular flexibility index (Phi) is 4.71. The molecule has 0 bridgehead atoms. The van der Waals surface area contributed by atoms with Crippen LogP contribution in [0.25, 0.3) is 0 Å². The summed E-state index contributed by atoms with van der Waals surface area (Å²) >= 11 is 15.6. The number of halogens is 2. The van der Waals surface area contributed by atoms with E-state index in [0.29, 0.717) is 16.5 Å². The average molecular weight is 454 g/mol. The second kappa shape index (κ2) is 6.83. The standard InChI is InChI=1S/C19H13Cl2O2PSe/c20-15-6-8-18-13(11-15)10-14-12-16(21)7-9-19(14)23-24(25,22-18)17-4-2-1-3-5-17/h1-9,11-12H,10H2. The Labute approximate surface area is 164 Å². The van der Waals surface area contributed by atoms with E-state index in [1.54, 1.807) is 0 Å². The average Bonchev–Trinajstić information content (AvgIpc) is 2.59. The first-order valence-corrected chi connectivity index (χ1v) is 12.2. The van der Waals surface area contributed by atoms with Crippen LogP contribution in [0, 0.1) is 0 Å². The molecule has 0 spiro atoms. The van der Waals surface area contributed by atoms with Crippen LogP contribution in [-0.2, 0) is 6.42 Å². The molecule has 3 aromatic carbocycles. The zero-order valence-electron chi connectivity index (χ0n) is 13.0. The van der Waals surface area contributed by atoms with Crippen LogP contribution in [0.2, 0.25) is 10.0 Å². The second-order valence-electron chi connectivity index (χ2n) is 5.70. The molecule has 0 fully saturated rings. The molecule has 4 rings (SSSR count). The molecular weight excluding hydrogens is 441 g/mol. The first kappa shape index (κ1) is 17.2. The summed E-state index contributed by atoms with van der Waals surface area (Å²) in [5, 5.41) is 2.34. The fourth-order valence-electron chi connectivity index (χ4n) is 2.75. The van der Waals surface area contributed by atoms with Gasteiger partial charge in [-0.1, -0.05) is 0 Å². The Bertz CT molecular complexity index is 934. The minimum atomic E-state index is -2.49. The number of fused-ring (bicyclic) bond motifs is 2. The molecule has 3 aromatic rings. The maximum absolute atomic E-state index is 6.39. The Balaban J connectivity index is 1.93. The predicted molar refractivity (Wildman–Crippen MR) is 106 cm³/mol. The predicted octanol–water partition coefficient (Wildman–Crippen LogP) is 5.61. The van der Waals surface area contributed by atoms with Gasteiger partial charge in [0.15, 0.2) is 0 Å². The van der Waals surface area contributed by atoms with E-state index in [1.807, 2.05) is 66.7 Å². The zero-order chi connectivity index (χ0) is 17.4. The third kappa shape index (κ3) is 3.53. The van der Waals surface area contributed by atoms with Crippen LogP contribution in [0.4, 0.5) is 0 Å². The molecule has 0 aliphatic carbocycles. The van der Waals surface area contributed by atoms with Crippen LogP contribution in [0.1, 0.15) is 11.1 Å². The summed E-state index contributed by atoms with van der Waals surface area (Å²) in [7, 11) is 0. The van der Waals surface area contributed by atoms with Gasteiger partial charge >= 0.3 is 164 Å². The SMILES string of the molecule is Clc1ccc2c(c1)Cc1cc(Cl)ccc1OP(=[Se])(c1ccccc1)O2. The van der Waals surface area contributed by atoms with E-state index in [2.05, 4.69) is 15.1 Å². The zero-order valence-corrected chi connectivity index (χ0v) is 17.1. The quantitative estimate of drug-likeness (QED) is 0.352. The number of hydrogen-bond donors (Lipinski definition) is 0. The summed E-state index contributed by atoms with van der Waals surface area (Å²) in [6, 6.07) is 21.3. The molecule has 1 heterocycles. The van der Waals surface area contributed by atoms with E-state index in [4.69, 9.17) is 32.2 Å². The van der Waals surface area contributed by atoms with Crippen molar-refractivity contribution in [2.24, 2.45) is 0 Å². The van der Waals surface area contributed by atoms with Gasteiger partial charge in [0.05, 0.1) is 0 Å². The summed E-state index contributed by atoms with van der Waals surface area (Å²) in [5.74, 6) is -0.954. The Morgan fingerprint density at radius 1 is 0.760 bits per heavy atom. The van der Waals surface area contributed by atoms with Crippen LogP contribution >= 0.6 is 29.2 Å². The monoisotopic (exact) mass is 454 g/mol. The summed E-state index contributed by atoms with van der Waals surface area (Å²) in [4.78, 5) is 0. The summed E-state index contributed by atoms with van der Waals surface area (Å²) in [6.07, 6.45) is 0.639. The topological polar surface area (TPSA) is 18.5 Å². The molecular formula is C19H13Cl2O2PSe. The maximum atomic E-state index is 6.39. The van der Waals surface area contributed by atoms with Crippen molar-refractivity contribution >= 4 is 49.6 Å². The van der Waals surface area contributed by atoms with Crippen LogP contribution in [0.3, 0.4) is 0 Å². The molecule has 0 atom stereocenters. The van der Waals surface area contributed by atoms with Gasteiger partial charge in [-0.15, -0.1) is 0 Å². The van der Waals surface area contributed by atoms with E-state index < -0.39 is 5.96 Å². The number of rotatable bonds is 1. The van der Waals surface area contributed by atoms with Crippen molar-refractivity contribution < 1.29 is 9.05 Å². The van der Waals surface area contributed by atoms with Gasteiger partial charge in [0.2, 0.25) is 0 Å². The number of hydrogen-bond acceptors (Lipinski definition) is 2. The summed E-state index contributed by atoms with van der Waals surface area (Å²) in [6.45, 7) is 0. The van der Waals surface area contributed by atoms with Crippen molar-refractivity contribution in [1.82, 2.24) is 0 Å². The Morgan fingerprint density at radius 2 is 1.28 bits per heavy atom. The normalized spacial score (nSPS) is 15.0. The molecule has 2 nitrogen and oxygen atoms in total. The molecule has 0 aromatic heterocycles. The molecule has 0 radical (unpaired) electrons. The first-order chi connectivity index (χ1) is 12.0. The summed E-state index contributed by atoms with van der Waals surface area (Å²) < 4.78 is 12.8. The molecule has 1 aliphatic heterocycles. The third-order valence-electron chi connectivity index (χ3n) is 3.94. The van der Waals surface area contributed by atoms with E-state index in [1.165, 1.54) is 0 Å². The third-order valence-corrected chi connectivity index (χ3v) is 8.48. The van der Waals surface area contributed by atoms with Crippen LogP contribution in [0.5, 0.6) is 11.5 Å². The van der Waals surface area contributed by atoms with E-state index in [9.17, 15) is 0 Å². The second-order valence-corrected chi connectivity index (χ2v) is 11.5. The molecule has 0 N–H and O–H groups in total. The van der Waals surface area contributed by atoms with E-state index in [0.717, 1.165) is 27.9 Å². The molecule has 0 saturated carbocycles. The fourth-order valence-corrected chi connectivity index (χ4v) is 6.58. The first-order valence-electron chi connectivity index (χ1n) is 7.65. The molecule has 6 heteroatoms. The van der Waals surface area contributed by atoms with Crippen molar-refractivity contribution in [3.8, 4) is 11.5 Å². The van der Waals surface area contributed by atoms with Gasteiger partial charge in [0, 0.05) is 0 Å². The van der Waals surface area contributed by atoms with Gasteiger partial charge in [0.25, 0.3) is 0 Å². The fraction of sp³-hybridized carbons (Fsp3) is 0.0526. The molecule has 1 aliphatic rings. The van der Waals surface area contributed by atoms with Gasteiger partial charge in [-0.25, -0.2) is 0 Å². The van der Waals surface area contributed by atoms with Crippen LogP contribution in [-0.4, -0.2) is 15.1 Å². The van der Waals surface area contributed by atoms with Gasteiger partial charge in [-0.2, -0.15) is 0 Å². The van der Waals surface area contributed by atoms with Crippen molar-refractivity contribution in [3.05, 3.63) is 87.9 Å². The van der Waals surface area contributed by atoms with Crippen molar-refractivity contribution in [3.63, 3.8) is 0 Å². The molecule has 0 amide bonds. The van der Waals surface area contributed by atoms with Gasteiger partial charge in [-0.3, -0.25) is 0 Å². The van der Waals surface area contributed by atoms with E-state index >= 15 is 0 Å². The Hall–Kier alpha value is -1.21. The van der Waals surface area contributed by atoms with Crippen LogP contribution in [0.15, 0.2) is 66.7 Å². The van der Waals surface area contributed by atoms with Crippen molar-refractivity contribution in [2.45, 2.75) is 6.42 Å². The summed E-state index contributed by atoms with van der Waals surface area (Å²) in [5.41, 5.74) is 2.02. The molecule has 126 valence electrons. The molecule has 0 saturated heterocycles. The van der Waals surface area contributed by atoms with Crippen molar-refractivity contribution in [1.29, 1.82) is 0 Å². The molecule has 25 heavy (non-hydrogen) atoms. The van der Waals surface area contributed by atoms with Gasteiger partial charge in [-0.05, 0) is 0 Å². The minimum absolute atomic E-state index is 0.639. The number of benzene rings is 3. The molecule has 0 unspecified atom stereocenters. The van der Waals surface area contributed by atoms with Gasteiger partial charge < -0.3 is 0 Å². The van der Waals surface area contributed by atoms with Gasteiger partial charge in [0.1, 0.15) is 0 Å². The Morgan fingerprint density at radius 3 is 1.80 bits per heavy atom. The van der Waals surface area contributed by atoms with E-state index in [-0.39, 0.29) is 0 Å².